The van der Waals surface area contributed by atoms with Gasteiger partial charge in [-0.2, -0.15) is 0 Å². The van der Waals surface area contributed by atoms with Gasteiger partial charge in [0, 0.05) is 0 Å². The van der Waals surface area contributed by atoms with E-state index in [4.69, 9.17) is 11.6 Å². The molecule has 78 valence electrons. The third kappa shape index (κ3) is 1.63. The van der Waals surface area contributed by atoms with Crippen LogP contribution in [-0.4, -0.2) is 20.2 Å². The number of alkyl halides is 1. The first-order valence-corrected chi connectivity index (χ1v) is 5.35. The molecule has 0 spiro atoms. The Kier molecular flexibility index (Phi) is 2.26. The molecule has 5 heteroatoms. The van der Waals surface area contributed by atoms with Crippen molar-refractivity contribution < 1.29 is 0 Å². The van der Waals surface area contributed by atoms with Crippen molar-refractivity contribution in [3.8, 4) is 0 Å². The van der Waals surface area contributed by atoms with Crippen molar-refractivity contribution >= 4 is 11.6 Å². The zero-order valence-electron chi connectivity index (χ0n) is 8.74. The van der Waals surface area contributed by atoms with Crippen LogP contribution in [0.3, 0.4) is 0 Å². The average molecular weight is 215 g/mol. The van der Waals surface area contributed by atoms with Crippen molar-refractivity contribution in [1.29, 1.82) is 0 Å². The molecule has 0 saturated heterocycles. The third-order valence-electron chi connectivity index (χ3n) is 2.80. The van der Waals surface area contributed by atoms with Crippen LogP contribution in [-0.2, 0) is 0 Å². The number of aromatic nitrogens is 4. The molecule has 1 atom stereocenters. The van der Waals surface area contributed by atoms with Gasteiger partial charge in [0.2, 0.25) is 0 Å². The van der Waals surface area contributed by atoms with Crippen LogP contribution < -0.4 is 0 Å². The van der Waals surface area contributed by atoms with E-state index >= 15 is 0 Å². The van der Waals surface area contributed by atoms with E-state index < -0.39 is 0 Å². The van der Waals surface area contributed by atoms with Crippen molar-refractivity contribution in [1.82, 2.24) is 20.2 Å². The summed E-state index contributed by atoms with van der Waals surface area (Å²) in [7, 11) is 0. The van der Waals surface area contributed by atoms with E-state index in [1.807, 2.05) is 11.6 Å². The van der Waals surface area contributed by atoms with Crippen LogP contribution in [0, 0.1) is 5.41 Å². The van der Waals surface area contributed by atoms with Gasteiger partial charge in [-0.25, -0.2) is 4.68 Å². The molecular formula is C9H15ClN4. The molecule has 1 fully saturated rings. The summed E-state index contributed by atoms with van der Waals surface area (Å²) < 4.78 is 1.88. The quantitative estimate of drug-likeness (QED) is 0.710. The predicted octanol–water partition coefficient (Wildman–Crippen LogP) is 2.33. The fourth-order valence-corrected chi connectivity index (χ4v) is 2.25. The summed E-state index contributed by atoms with van der Waals surface area (Å²) in [5.74, 6) is 0.784. The Balaban J connectivity index is 2.14. The molecule has 1 saturated carbocycles. The molecule has 0 N–H and O–H groups in total. The van der Waals surface area contributed by atoms with Gasteiger partial charge in [0.05, 0.1) is 11.4 Å². The van der Waals surface area contributed by atoms with Gasteiger partial charge in [-0.05, 0) is 35.6 Å². The Labute approximate surface area is 88.6 Å². The van der Waals surface area contributed by atoms with E-state index in [2.05, 4.69) is 29.4 Å². The van der Waals surface area contributed by atoms with E-state index in [-0.39, 0.29) is 5.38 Å². The van der Waals surface area contributed by atoms with Crippen molar-refractivity contribution in [3.63, 3.8) is 0 Å². The lowest BCUT2D eigenvalue weighted by atomic mass is 9.68. The molecule has 14 heavy (non-hydrogen) atoms. The minimum absolute atomic E-state index is 0.117. The minimum Gasteiger partial charge on any atom is -0.225 e. The summed E-state index contributed by atoms with van der Waals surface area (Å²) in [4.78, 5) is 0. The van der Waals surface area contributed by atoms with Gasteiger partial charge >= 0.3 is 0 Å². The standard InChI is InChI=1S/C9H15ClN4/c1-6(10)8-11-12-13-14(8)7-4-9(2,3)5-7/h6-7H,4-5H2,1-3H3. The lowest BCUT2D eigenvalue weighted by molar-refractivity contribution is 0.0909. The fourth-order valence-electron chi connectivity index (χ4n) is 2.11. The summed E-state index contributed by atoms with van der Waals surface area (Å²) in [6, 6.07) is 0.441. The van der Waals surface area contributed by atoms with Crippen molar-refractivity contribution in [2.24, 2.45) is 5.41 Å². The van der Waals surface area contributed by atoms with Crippen LogP contribution in [0.2, 0.25) is 0 Å². The first-order valence-electron chi connectivity index (χ1n) is 4.91. The highest BCUT2D eigenvalue weighted by Crippen LogP contribution is 2.47. The summed E-state index contributed by atoms with van der Waals surface area (Å²) in [6.07, 6.45) is 2.27. The molecular weight excluding hydrogens is 200 g/mol. The van der Waals surface area contributed by atoms with E-state index in [1.165, 1.54) is 0 Å². The van der Waals surface area contributed by atoms with Gasteiger partial charge in [0.15, 0.2) is 5.82 Å². The van der Waals surface area contributed by atoms with Crippen LogP contribution in [0.15, 0.2) is 0 Å². The van der Waals surface area contributed by atoms with Gasteiger partial charge in [-0.15, -0.1) is 16.7 Å². The molecule has 0 aromatic carbocycles. The molecule has 0 radical (unpaired) electrons. The highest BCUT2D eigenvalue weighted by molar-refractivity contribution is 6.20. The maximum absolute atomic E-state index is 5.98. The zero-order chi connectivity index (χ0) is 10.3. The zero-order valence-corrected chi connectivity index (χ0v) is 9.49. The van der Waals surface area contributed by atoms with Crippen molar-refractivity contribution in [2.75, 3.05) is 0 Å². The lowest BCUT2D eigenvalue weighted by Crippen LogP contribution is -2.35. The Morgan fingerprint density at radius 2 is 2.14 bits per heavy atom. The second-order valence-electron chi connectivity index (χ2n) is 4.82. The molecule has 0 aliphatic heterocycles. The molecule has 1 unspecified atom stereocenters. The largest absolute Gasteiger partial charge is 0.225 e. The lowest BCUT2D eigenvalue weighted by Gasteiger charge is -2.42. The first kappa shape index (κ1) is 9.90. The number of hydrogen-bond acceptors (Lipinski definition) is 3. The average Bonchev–Trinajstić information content (AvgIpc) is 2.46. The SMILES string of the molecule is CC(Cl)c1nnnn1C1CC(C)(C)C1. The van der Waals surface area contributed by atoms with Crippen LogP contribution in [0.4, 0.5) is 0 Å². The highest BCUT2D eigenvalue weighted by Gasteiger charge is 2.39. The van der Waals surface area contributed by atoms with Crippen LogP contribution in [0.25, 0.3) is 0 Å². The van der Waals surface area contributed by atoms with Crippen LogP contribution in [0.5, 0.6) is 0 Å². The molecule has 1 heterocycles. The highest BCUT2D eigenvalue weighted by atomic mass is 35.5. The number of hydrogen-bond donors (Lipinski definition) is 0. The summed E-state index contributed by atoms with van der Waals surface area (Å²) in [6.45, 7) is 6.42. The number of tetrazole rings is 1. The van der Waals surface area contributed by atoms with Gasteiger partial charge < -0.3 is 0 Å². The Morgan fingerprint density at radius 1 is 1.50 bits per heavy atom. The number of halogens is 1. The maximum Gasteiger partial charge on any atom is 0.169 e. The van der Waals surface area contributed by atoms with Crippen LogP contribution >= 0.6 is 11.6 Å². The molecule has 1 aromatic rings. The van der Waals surface area contributed by atoms with E-state index in [0.29, 0.717) is 11.5 Å². The van der Waals surface area contributed by atoms with E-state index in [9.17, 15) is 0 Å². The molecule has 2 rings (SSSR count). The van der Waals surface area contributed by atoms with Crippen LogP contribution in [0.1, 0.15) is 50.9 Å². The topological polar surface area (TPSA) is 43.6 Å². The number of nitrogens with zero attached hydrogens (tertiary/aromatic N) is 4. The molecule has 4 nitrogen and oxygen atoms in total. The van der Waals surface area contributed by atoms with E-state index in [0.717, 1.165) is 18.7 Å². The van der Waals surface area contributed by atoms with Gasteiger partial charge in [0.1, 0.15) is 0 Å². The summed E-state index contributed by atoms with van der Waals surface area (Å²) in [5, 5.41) is 11.5. The second-order valence-corrected chi connectivity index (χ2v) is 5.48. The van der Waals surface area contributed by atoms with Gasteiger partial charge in [-0.3, -0.25) is 0 Å². The number of rotatable bonds is 2. The molecule has 1 aliphatic rings. The maximum atomic E-state index is 5.98. The summed E-state index contributed by atoms with van der Waals surface area (Å²) >= 11 is 5.98. The molecule has 1 aromatic heterocycles. The monoisotopic (exact) mass is 214 g/mol. The smallest absolute Gasteiger partial charge is 0.169 e. The fraction of sp³-hybridized carbons (Fsp3) is 0.889. The Hall–Kier alpha value is -0.640. The van der Waals surface area contributed by atoms with Crippen molar-refractivity contribution in [3.05, 3.63) is 5.82 Å². The summed E-state index contributed by atoms with van der Waals surface area (Å²) in [5.41, 5.74) is 0.434. The Morgan fingerprint density at radius 3 is 2.64 bits per heavy atom. The molecule has 1 aliphatic carbocycles. The normalized spacial score (nSPS) is 23.1. The second kappa shape index (κ2) is 3.19. The first-order chi connectivity index (χ1) is 6.49. The Bertz CT molecular complexity index is 323. The third-order valence-corrected chi connectivity index (χ3v) is 2.99. The molecule has 0 bridgehead atoms. The van der Waals surface area contributed by atoms with Gasteiger partial charge in [-0.1, -0.05) is 13.8 Å². The molecule has 0 amide bonds. The predicted molar refractivity (Wildman–Crippen MR) is 54.1 cm³/mol. The van der Waals surface area contributed by atoms with E-state index in [1.54, 1.807) is 0 Å². The van der Waals surface area contributed by atoms with Crippen molar-refractivity contribution in [2.45, 2.75) is 45.0 Å². The van der Waals surface area contributed by atoms with Gasteiger partial charge in [0.25, 0.3) is 0 Å². The minimum atomic E-state index is -0.117.